The monoisotopic (exact) mass is 622 g/mol. The van der Waals surface area contributed by atoms with E-state index in [1.54, 1.807) is 0 Å². The van der Waals surface area contributed by atoms with Crippen LogP contribution in [0.25, 0.3) is 0 Å². The van der Waals surface area contributed by atoms with E-state index in [0.717, 1.165) is 83.5 Å². The lowest BCUT2D eigenvalue weighted by Gasteiger charge is -2.18. The summed E-state index contributed by atoms with van der Waals surface area (Å²) < 4.78 is 5.88. The lowest BCUT2D eigenvalue weighted by atomic mass is 10.0. The third-order valence-corrected chi connectivity index (χ3v) is 7.43. The van der Waals surface area contributed by atoms with Crippen LogP contribution < -0.4 is 10.6 Å². The molecule has 2 amide bonds. The highest BCUT2D eigenvalue weighted by Crippen LogP contribution is 2.17. The Morgan fingerprint density at radius 1 is 0.682 bits per heavy atom. The predicted octanol–water partition coefficient (Wildman–Crippen LogP) is 6.92. The highest BCUT2D eigenvalue weighted by molar-refractivity contribution is 5.87. The molecule has 0 aliphatic rings. The second-order valence-corrected chi connectivity index (χ2v) is 11.6. The van der Waals surface area contributed by atoms with Crippen LogP contribution in [0.2, 0.25) is 0 Å². The van der Waals surface area contributed by atoms with E-state index in [9.17, 15) is 19.2 Å². The largest absolute Gasteiger partial charge is 0.480 e. The second-order valence-electron chi connectivity index (χ2n) is 11.6. The molecule has 4 N–H and O–H groups in total. The summed E-state index contributed by atoms with van der Waals surface area (Å²) in [4.78, 5) is 47.1. The Kier molecular flexibility index (Phi) is 28.5. The number of hydrogen-bond donors (Lipinski definition) is 4. The van der Waals surface area contributed by atoms with Crippen molar-refractivity contribution in [2.75, 3.05) is 13.2 Å². The average Bonchev–Trinajstić information content (AvgIpc) is 3.00. The van der Waals surface area contributed by atoms with Gasteiger partial charge in [-0.3, -0.25) is 14.4 Å². The molecule has 0 rings (SSSR count). The molecular weight excluding hydrogens is 560 g/mol. The molecule has 0 aromatic heterocycles. The van der Waals surface area contributed by atoms with Gasteiger partial charge in [0.05, 0.1) is 13.2 Å². The quantitative estimate of drug-likeness (QED) is 0.0387. The first-order valence-electron chi connectivity index (χ1n) is 17.2. The number of aliphatic carboxylic acids is 1. The Bertz CT molecular complexity index is 813. The average molecular weight is 623 g/mol. The summed E-state index contributed by atoms with van der Waals surface area (Å²) in [6.45, 7) is 3.32. The van der Waals surface area contributed by atoms with Crippen molar-refractivity contribution in [3.8, 4) is 0 Å². The molecule has 0 aliphatic heterocycles. The summed E-state index contributed by atoms with van der Waals surface area (Å²) in [5.74, 6) is -2.36. The minimum atomic E-state index is -1.38. The number of amides is 2. The SMILES string of the molecule is CCC/C=C\C/C=C\CCCCCCCC(=O)OC(CCCCCC)CCCCCCC(=O)NCC(=O)NC(CO)C(=O)O. The van der Waals surface area contributed by atoms with Crippen LogP contribution in [0, 0.1) is 0 Å². The molecule has 0 aromatic carbocycles. The van der Waals surface area contributed by atoms with E-state index in [1.165, 1.54) is 32.1 Å². The van der Waals surface area contributed by atoms with Crippen LogP contribution in [0.4, 0.5) is 0 Å². The molecule has 9 nitrogen and oxygen atoms in total. The number of hydrogen-bond acceptors (Lipinski definition) is 6. The van der Waals surface area contributed by atoms with Gasteiger partial charge in [-0.1, -0.05) is 95.9 Å². The van der Waals surface area contributed by atoms with Gasteiger partial charge in [0.2, 0.25) is 11.8 Å². The van der Waals surface area contributed by atoms with Crippen molar-refractivity contribution in [3.63, 3.8) is 0 Å². The zero-order valence-corrected chi connectivity index (χ0v) is 27.7. The first-order valence-corrected chi connectivity index (χ1v) is 17.2. The molecule has 2 unspecified atom stereocenters. The molecule has 0 aliphatic carbocycles. The predicted molar refractivity (Wildman–Crippen MR) is 176 cm³/mol. The number of carbonyl (C=O) groups excluding carboxylic acids is 3. The summed E-state index contributed by atoms with van der Waals surface area (Å²) in [5.41, 5.74) is 0. The maximum atomic E-state index is 12.5. The Morgan fingerprint density at radius 3 is 1.91 bits per heavy atom. The fourth-order valence-corrected chi connectivity index (χ4v) is 4.75. The summed E-state index contributed by atoms with van der Waals surface area (Å²) >= 11 is 0. The maximum Gasteiger partial charge on any atom is 0.328 e. The highest BCUT2D eigenvalue weighted by Gasteiger charge is 2.19. The van der Waals surface area contributed by atoms with E-state index >= 15 is 0 Å². The zero-order chi connectivity index (χ0) is 32.7. The number of allylic oxidation sites excluding steroid dienone is 4. The molecule has 0 spiro atoms. The number of aliphatic hydroxyl groups is 1. The number of carboxylic acid groups (broad SMARTS) is 1. The first kappa shape index (κ1) is 41.3. The number of carboxylic acids is 1. The molecular formula is C35H62N2O7. The molecule has 9 heteroatoms. The smallest absolute Gasteiger partial charge is 0.328 e. The van der Waals surface area contributed by atoms with Gasteiger partial charge in [-0.15, -0.1) is 0 Å². The molecule has 0 aromatic rings. The van der Waals surface area contributed by atoms with E-state index in [2.05, 4.69) is 48.8 Å². The van der Waals surface area contributed by atoms with Crippen LogP contribution in [0.1, 0.15) is 149 Å². The molecule has 0 bridgehead atoms. The highest BCUT2D eigenvalue weighted by atomic mass is 16.5. The molecule has 0 saturated heterocycles. The number of unbranched alkanes of at least 4 members (excludes halogenated alkanes) is 12. The fraction of sp³-hybridized carbons (Fsp3) is 0.771. The van der Waals surface area contributed by atoms with Crippen LogP contribution in [0.3, 0.4) is 0 Å². The molecule has 44 heavy (non-hydrogen) atoms. The molecule has 2 atom stereocenters. The van der Waals surface area contributed by atoms with Crippen molar-refractivity contribution in [2.24, 2.45) is 0 Å². The fourth-order valence-electron chi connectivity index (χ4n) is 4.75. The van der Waals surface area contributed by atoms with Crippen molar-refractivity contribution in [1.82, 2.24) is 10.6 Å². The third-order valence-electron chi connectivity index (χ3n) is 7.43. The number of nitrogens with one attached hydrogen (secondary N) is 2. The van der Waals surface area contributed by atoms with E-state index in [-0.39, 0.29) is 30.9 Å². The number of rotatable bonds is 30. The summed E-state index contributed by atoms with van der Waals surface area (Å²) in [6.07, 6.45) is 29.4. The van der Waals surface area contributed by atoms with Crippen molar-refractivity contribution >= 4 is 23.8 Å². The number of aliphatic hydroxyl groups excluding tert-OH is 1. The van der Waals surface area contributed by atoms with Gasteiger partial charge in [0.15, 0.2) is 0 Å². The van der Waals surface area contributed by atoms with Gasteiger partial charge in [-0.05, 0) is 64.2 Å². The topological polar surface area (TPSA) is 142 Å². The minimum absolute atomic E-state index is 0.0432. The summed E-state index contributed by atoms with van der Waals surface area (Å²) in [7, 11) is 0. The molecule has 254 valence electrons. The maximum absolute atomic E-state index is 12.5. The summed E-state index contributed by atoms with van der Waals surface area (Å²) in [5, 5.41) is 22.4. The van der Waals surface area contributed by atoms with E-state index < -0.39 is 24.5 Å². The lowest BCUT2D eigenvalue weighted by Crippen LogP contribution is -2.47. The normalized spacial score (nSPS) is 12.8. The molecule has 0 heterocycles. The van der Waals surface area contributed by atoms with Gasteiger partial charge in [0.1, 0.15) is 12.1 Å². The third kappa shape index (κ3) is 26.9. The van der Waals surface area contributed by atoms with Crippen LogP contribution in [0.15, 0.2) is 24.3 Å². The Labute approximate surface area is 266 Å². The number of esters is 1. The van der Waals surface area contributed by atoms with Crippen LogP contribution in [0.5, 0.6) is 0 Å². The van der Waals surface area contributed by atoms with Crippen LogP contribution in [-0.2, 0) is 23.9 Å². The molecule has 0 fully saturated rings. The van der Waals surface area contributed by atoms with Gasteiger partial charge < -0.3 is 25.6 Å². The van der Waals surface area contributed by atoms with Crippen molar-refractivity contribution in [2.45, 2.75) is 161 Å². The van der Waals surface area contributed by atoms with Crippen molar-refractivity contribution in [3.05, 3.63) is 24.3 Å². The second kappa shape index (κ2) is 30.4. The standard InChI is InChI=1S/C35H62N2O7/c1-3-5-7-9-10-11-12-13-14-15-16-17-23-27-34(41)44-30(24-20-8-6-4-2)25-21-18-19-22-26-32(39)36-28-33(40)37-31(29-38)35(42)43/h7,9,11-12,30-31,38H,3-6,8,10,13-29H2,1-2H3,(H,36,39)(H,37,40)(H,42,43)/b9-7-,12-11-. The van der Waals surface area contributed by atoms with Gasteiger partial charge in [0.25, 0.3) is 0 Å². The number of carbonyl (C=O) groups is 4. The van der Waals surface area contributed by atoms with Gasteiger partial charge >= 0.3 is 11.9 Å². The lowest BCUT2D eigenvalue weighted by molar-refractivity contribution is -0.150. The van der Waals surface area contributed by atoms with Gasteiger partial charge in [0, 0.05) is 12.8 Å². The molecule has 0 radical (unpaired) electrons. The zero-order valence-electron chi connectivity index (χ0n) is 27.7. The van der Waals surface area contributed by atoms with Gasteiger partial charge in [-0.2, -0.15) is 0 Å². The number of ether oxygens (including phenoxy) is 1. The van der Waals surface area contributed by atoms with E-state index in [0.29, 0.717) is 12.8 Å². The Hall–Kier alpha value is -2.68. The minimum Gasteiger partial charge on any atom is -0.480 e. The summed E-state index contributed by atoms with van der Waals surface area (Å²) in [6, 6.07) is -1.38. The Balaban J connectivity index is 4.10. The molecule has 0 saturated carbocycles. The van der Waals surface area contributed by atoms with Crippen molar-refractivity contribution < 1.29 is 34.1 Å². The van der Waals surface area contributed by atoms with Crippen LogP contribution >= 0.6 is 0 Å². The van der Waals surface area contributed by atoms with Crippen LogP contribution in [-0.4, -0.2) is 59.3 Å². The van der Waals surface area contributed by atoms with Gasteiger partial charge in [-0.25, -0.2) is 4.79 Å². The van der Waals surface area contributed by atoms with E-state index in [4.69, 9.17) is 14.9 Å². The van der Waals surface area contributed by atoms with Crippen molar-refractivity contribution in [1.29, 1.82) is 0 Å². The van der Waals surface area contributed by atoms with E-state index in [1.807, 2.05) is 0 Å². The first-order chi connectivity index (χ1) is 21.3. The Morgan fingerprint density at radius 2 is 1.27 bits per heavy atom.